The number of hydrogen-bond donors (Lipinski definition) is 2. The second kappa shape index (κ2) is 5.48. The predicted molar refractivity (Wildman–Crippen MR) is 77.0 cm³/mol. The van der Waals surface area contributed by atoms with Gasteiger partial charge in [0.25, 0.3) is 0 Å². The lowest BCUT2D eigenvalue weighted by atomic mass is 9.62. The van der Waals surface area contributed by atoms with Crippen LogP contribution in [0, 0.1) is 11.3 Å². The van der Waals surface area contributed by atoms with Crippen molar-refractivity contribution in [2.45, 2.75) is 30.7 Å². The molecule has 0 atom stereocenters. The van der Waals surface area contributed by atoms with Gasteiger partial charge in [-0.25, -0.2) is 4.98 Å². The van der Waals surface area contributed by atoms with Gasteiger partial charge >= 0.3 is 0 Å². The standard InChI is InChI=1S/C16H18N4/c17-12-16(13-4-2-1-3-5-13)10-14(11-16)18-7-6-15-19-8-9-20-15/h1-5,8-9,14,18H,6-7,10-11H2,(H,19,20). The number of H-pyrrole nitrogens is 1. The minimum Gasteiger partial charge on any atom is -0.349 e. The van der Waals surface area contributed by atoms with Crippen molar-refractivity contribution in [2.75, 3.05) is 6.54 Å². The smallest absolute Gasteiger partial charge is 0.107 e. The maximum absolute atomic E-state index is 9.49. The molecule has 2 aromatic rings. The molecule has 0 bridgehead atoms. The van der Waals surface area contributed by atoms with E-state index >= 15 is 0 Å². The summed E-state index contributed by atoms with van der Waals surface area (Å²) >= 11 is 0. The first-order valence-corrected chi connectivity index (χ1v) is 7.01. The van der Waals surface area contributed by atoms with Crippen molar-refractivity contribution >= 4 is 0 Å². The molecule has 2 N–H and O–H groups in total. The number of nitrogens with zero attached hydrogens (tertiary/aromatic N) is 2. The lowest BCUT2D eigenvalue weighted by Gasteiger charge is -2.43. The van der Waals surface area contributed by atoms with Gasteiger partial charge in [-0.05, 0) is 18.4 Å². The summed E-state index contributed by atoms with van der Waals surface area (Å²) in [6, 6.07) is 13.1. The fraction of sp³-hybridized carbons (Fsp3) is 0.375. The van der Waals surface area contributed by atoms with Gasteiger partial charge in [-0.15, -0.1) is 0 Å². The molecule has 0 unspecified atom stereocenters. The number of aromatic nitrogens is 2. The zero-order valence-corrected chi connectivity index (χ0v) is 11.3. The average molecular weight is 266 g/mol. The highest BCUT2D eigenvalue weighted by atomic mass is 15.0. The van der Waals surface area contributed by atoms with Crippen LogP contribution in [0.5, 0.6) is 0 Å². The van der Waals surface area contributed by atoms with Gasteiger partial charge in [-0.3, -0.25) is 0 Å². The zero-order chi connectivity index (χ0) is 13.8. The molecule has 1 fully saturated rings. The molecule has 4 heteroatoms. The third kappa shape index (κ3) is 2.45. The van der Waals surface area contributed by atoms with E-state index < -0.39 is 0 Å². The molecule has 3 rings (SSSR count). The molecular weight excluding hydrogens is 248 g/mol. The molecule has 1 aromatic heterocycles. The molecule has 1 aliphatic rings. The van der Waals surface area contributed by atoms with Crippen LogP contribution in [0.15, 0.2) is 42.7 Å². The molecule has 102 valence electrons. The van der Waals surface area contributed by atoms with Crippen LogP contribution in [0.1, 0.15) is 24.2 Å². The number of aromatic amines is 1. The third-order valence-corrected chi connectivity index (χ3v) is 4.08. The van der Waals surface area contributed by atoms with E-state index in [0.717, 1.165) is 37.2 Å². The van der Waals surface area contributed by atoms with Crippen LogP contribution in [-0.4, -0.2) is 22.6 Å². The van der Waals surface area contributed by atoms with Crippen molar-refractivity contribution in [2.24, 2.45) is 0 Å². The van der Waals surface area contributed by atoms with E-state index in [1.54, 1.807) is 6.20 Å². The Morgan fingerprint density at radius 1 is 1.35 bits per heavy atom. The lowest BCUT2D eigenvalue weighted by molar-refractivity contribution is 0.228. The Morgan fingerprint density at radius 3 is 2.80 bits per heavy atom. The Labute approximate surface area is 118 Å². The monoisotopic (exact) mass is 266 g/mol. The molecule has 0 aliphatic heterocycles. The van der Waals surface area contributed by atoms with Crippen molar-refractivity contribution in [1.82, 2.24) is 15.3 Å². The minimum atomic E-state index is -0.288. The second-order valence-corrected chi connectivity index (χ2v) is 5.41. The van der Waals surface area contributed by atoms with Gasteiger partial charge in [0.2, 0.25) is 0 Å². The summed E-state index contributed by atoms with van der Waals surface area (Å²) in [5.74, 6) is 1.01. The van der Waals surface area contributed by atoms with Gasteiger partial charge in [0.1, 0.15) is 5.82 Å². The Hall–Kier alpha value is -2.12. The fourth-order valence-electron chi connectivity index (χ4n) is 2.90. The third-order valence-electron chi connectivity index (χ3n) is 4.08. The first kappa shape index (κ1) is 12.9. The summed E-state index contributed by atoms with van der Waals surface area (Å²) in [6.45, 7) is 0.897. The topological polar surface area (TPSA) is 64.5 Å². The number of rotatable bonds is 5. The molecule has 1 heterocycles. The number of benzene rings is 1. The van der Waals surface area contributed by atoms with E-state index in [0.29, 0.717) is 6.04 Å². The normalized spacial score (nSPS) is 24.9. The van der Waals surface area contributed by atoms with Gasteiger partial charge in [-0.2, -0.15) is 5.26 Å². The summed E-state index contributed by atoms with van der Waals surface area (Å²) in [6.07, 6.45) is 6.30. The zero-order valence-electron chi connectivity index (χ0n) is 11.3. The number of nitrogens with one attached hydrogen (secondary N) is 2. The van der Waals surface area contributed by atoms with Crippen molar-refractivity contribution in [3.05, 3.63) is 54.1 Å². The second-order valence-electron chi connectivity index (χ2n) is 5.41. The Kier molecular flexibility index (Phi) is 3.53. The van der Waals surface area contributed by atoms with Gasteiger partial charge < -0.3 is 10.3 Å². The summed E-state index contributed by atoms with van der Waals surface area (Å²) in [5.41, 5.74) is 0.857. The van der Waals surface area contributed by atoms with Gasteiger partial charge in [0.05, 0.1) is 11.5 Å². The highest BCUT2D eigenvalue weighted by Gasteiger charge is 2.45. The maximum Gasteiger partial charge on any atom is 0.107 e. The van der Waals surface area contributed by atoms with Gasteiger partial charge in [0.15, 0.2) is 0 Å². The quantitative estimate of drug-likeness (QED) is 0.871. The first-order valence-electron chi connectivity index (χ1n) is 7.01. The Morgan fingerprint density at radius 2 is 2.15 bits per heavy atom. The lowest BCUT2D eigenvalue weighted by Crippen LogP contribution is -2.51. The average Bonchev–Trinajstić information content (AvgIpc) is 2.96. The van der Waals surface area contributed by atoms with E-state index in [1.165, 1.54) is 0 Å². The Bertz CT molecular complexity index is 577. The van der Waals surface area contributed by atoms with Crippen LogP contribution in [0.4, 0.5) is 0 Å². The highest BCUT2D eigenvalue weighted by Crippen LogP contribution is 2.43. The minimum absolute atomic E-state index is 0.288. The molecule has 20 heavy (non-hydrogen) atoms. The molecule has 4 nitrogen and oxygen atoms in total. The molecule has 0 spiro atoms. The summed E-state index contributed by atoms with van der Waals surface area (Å²) in [5, 5.41) is 13.0. The predicted octanol–water partition coefficient (Wildman–Crippen LogP) is 2.17. The summed E-state index contributed by atoms with van der Waals surface area (Å²) in [7, 11) is 0. The number of imidazole rings is 1. The summed E-state index contributed by atoms with van der Waals surface area (Å²) < 4.78 is 0. The van der Waals surface area contributed by atoms with Crippen LogP contribution in [0.2, 0.25) is 0 Å². The molecule has 1 saturated carbocycles. The van der Waals surface area contributed by atoms with Crippen LogP contribution >= 0.6 is 0 Å². The summed E-state index contributed by atoms with van der Waals surface area (Å²) in [4.78, 5) is 7.30. The van der Waals surface area contributed by atoms with E-state index in [4.69, 9.17) is 0 Å². The molecule has 0 saturated heterocycles. The van der Waals surface area contributed by atoms with Crippen molar-refractivity contribution in [3.63, 3.8) is 0 Å². The first-order chi connectivity index (χ1) is 9.82. The van der Waals surface area contributed by atoms with Gasteiger partial charge in [0, 0.05) is 31.4 Å². The number of nitriles is 1. The van der Waals surface area contributed by atoms with E-state index in [1.807, 2.05) is 24.4 Å². The Balaban J connectivity index is 1.51. The fourth-order valence-corrected chi connectivity index (χ4v) is 2.90. The van der Waals surface area contributed by atoms with Crippen molar-refractivity contribution < 1.29 is 0 Å². The molecular formula is C16H18N4. The van der Waals surface area contributed by atoms with E-state index in [9.17, 15) is 5.26 Å². The highest BCUT2D eigenvalue weighted by molar-refractivity contribution is 5.36. The molecule has 0 radical (unpaired) electrons. The van der Waals surface area contributed by atoms with E-state index in [-0.39, 0.29) is 5.41 Å². The molecule has 1 aromatic carbocycles. The van der Waals surface area contributed by atoms with Crippen molar-refractivity contribution in [1.29, 1.82) is 5.26 Å². The van der Waals surface area contributed by atoms with Crippen LogP contribution in [0.25, 0.3) is 0 Å². The van der Waals surface area contributed by atoms with E-state index in [2.05, 4.69) is 33.5 Å². The van der Waals surface area contributed by atoms with Crippen LogP contribution in [0.3, 0.4) is 0 Å². The maximum atomic E-state index is 9.49. The van der Waals surface area contributed by atoms with Crippen LogP contribution < -0.4 is 5.32 Å². The van der Waals surface area contributed by atoms with Crippen molar-refractivity contribution in [3.8, 4) is 6.07 Å². The van der Waals surface area contributed by atoms with Crippen LogP contribution in [-0.2, 0) is 11.8 Å². The molecule has 0 amide bonds. The largest absolute Gasteiger partial charge is 0.349 e. The SMILES string of the molecule is N#CC1(c2ccccc2)CC(NCCc2ncc[nH]2)C1. The number of hydrogen-bond acceptors (Lipinski definition) is 3. The molecule has 1 aliphatic carbocycles. The van der Waals surface area contributed by atoms with Gasteiger partial charge in [-0.1, -0.05) is 30.3 Å².